The lowest BCUT2D eigenvalue weighted by atomic mass is 9.81. The van der Waals surface area contributed by atoms with Crippen LogP contribution < -0.4 is 23.5 Å². The maximum Gasteiger partial charge on any atom is 0.209 e. The fraction of sp³-hybridized carbons (Fsp3) is 0.702. The fourth-order valence-corrected chi connectivity index (χ4v) is 10.3. The molecule has 0 amide bonds. The van der Waals surface area contributed by atoms with E-state index in [0.717, 1.165) is 13.1 Å². The van der Waals surface area contributed by atoms with Crippen molar-refractivity contribution in [1.82, 2.24) is 0 Å². The predicted octanol–water partition coefficient (Wildman–Crippen LogP) is 13.3. The van der Waals surface area contributed by atoms with Crippen molar-refractivity contribution >= 4 is 17.1 Å². The quantitative estimate of drug-likeness (QED) is 0.0514. The normalized spacial score (nSPS) is 15.9. The molecule has 2 aliphatic rings. The van der Waals surface area contributed by atoms with Gasteiger partial charge in [-0.2, -0.15) is 4.58 Å². The van der Waals surface area contributed by atoms with Gasteiger partial charge in [-0.15, -0.1) is 10.2 Å². The van der Waals surface area contributed by atoms with E-state index in [0.29, 0.717) is 0 Å². The number of hydrogen-bond donors (Lipinski definition) is 0. The highest BCUT2D eigenvalue weighted by Crippen LogP contribution is 2.48. The molecule has 362 valence electrons. The van der Waals surface area contributed by atoms with Crippen LogP contribution >= 0.6 is 0 Å². The SMILES string of the molecule is CCCCCCCCCCCCCCCCCN1/C(=C\C=C\C2=[N+](CCCCCCCCCCCCCCCCC)c3ccccc3C2(C)C)C(C)(C)c2ccccc21.[O-][Cl+3]([O-])([O-])[O-]. The summed E-state index contributed by atoms with van der Waals surface area (Å²) < 4.78 is 36.6. The topological polar surface area (TPSA) is 98.5 Å². The Kier molecular flexibility index (Phi) is 27.5. The minimum Gasteiger partial charge on any atom is -0.344 e. The van der Waals surface area contributed by atoms with Gasteiger partial charge in [-0.1, -0.05) is 244 Å². The third kappa shape index (κ3) is 20.6. The number of hydrogen-bond acceptors (Lipinski definition) is 5. The van der Waals surface area contributed by atoms with Gasteiger partial charge >= 0.3 is 0 Å². The second-order valence-corrected chi connectivity index (χ2v) is 20.9. The molecule has 7 heteroatoms. The van der Waals surface area contributed by atoms with E-state index in [1.54, 1.807) is 0 Å². The molecule has 0 N–H and O–H groups in total. The van der Waals surface area contributed by atoms with Crippen LogP contribution in [-0.2, 0) is 10.8 Å². The van der Waals surface area contributed by atoms with E-state index in [2.05, 4.69) is 118 Å². The Balaban J connectivity index is 0.00000206. The van der Waals surface area contributed by atoms with Gasteiger partial charge in [0.2, 0.25) is 5.69 Å². The van der Waals surface area contributed by atoms with Gasteiger partial charge in [0.1, 0.15) is 6.54 Å². The number of para-hydroxylation sites is 2. The van der Waals surface area contributed by atoms with Crippen LogP contribution in [0.1, 0.15) is 245 Å². The summed E-state index contributed by atoms with van der Waals surface area (Å²) in [6, 6.07) is 18.4. The van der Waals surface area contributed by atoms with Gasteiger partial charge in [-0.25, -0.2) is 18.6 Å². The first-order valence-corrected chi connectivity index (χ1v) is 27.7. The number of rotatable bonds is 34. The molecule has 64 heavy (non-hydrogen) atoms. The van der Waals surface area contributed by atoms with Crippen LogP contribution in [0, 0.1) is 10.2 Å². The average Bonchev–Trinajstić information content (AvgIpc) is 3.61. The zero-order valence-electron chi connectivity index (χ0n) is 41.9. The molecular weight excluding hydrogens is 812 g/mol. The number of benzene rings is 2. The molecule has 2 aromatic carbocycles. The van der Waals surface area contributed by atoms with Gasteiger partial charge in [0.05, 0.1) is 5.41 Å². The Hall–Kier alpha value is -2.48. The van der Waals surface area contributed by atoms with Crippen molar-refractivity contribution in [3.63, 3.8) is 0 Å². The van der Waals surface area contributed by atoms with Crippen molar-refractivity contribution < 1.29 is 33.5 Å². The zero-order valence-corrected chi connectivity index (χ0v) is 42.6. The van der Waals surface area contributed by atoms with E-state index in [-0.39, 0.29) is 10.8 Å². The number of unbranched alkanes of at least 4 members (excludes halogenated alkanes) is 28. The molecule has 0 spiro atoms. The molecule has 0 atom stereocenters. The van der Waals surface area contributed by atoms with Crippen LogP contribution in [0.5, 0.6) is 0 Å². The molecule has 0 aromatic heterocycles. The number of allylic oxidation sites excluding steroid dienone is 4. The van der Waals surface area contributed by atoms with Gasteiger partial charge in [0.15, 0.2) is 5.71 Å². The van der Waals surface area contributed by atoms with E-state index >= 15 is 0 Å². The van der Waals surface area contributed by atoms with Crippen molar-refractivity contribution in [1.29, 1.82) is 0 Å². The summed E-state index contributed by atoms with van der Waals surface area (Å²) in [5.74, 6) is 0. The van der Waals surface area contributed by atoms with E-state index in [9.17, 15) is 0 Å². The molecule has 0 aliphatic carbocycles. The molecule has 0 bridgehead atoms. The minimum atomic E-state index is -4.94. The predicted molar refractivity (Wildman–Crippen MR) is 263 cm³/mol. The first kappa shape index (κ1) is 55.8. The number of fused-ring (bicyclic) bond motifs is 2. The van der Waals surface area contributed by atoms with E-state index in [1.165, 1.54) is 227 Å². The Bertz CT molecular complexity index is 1630. The smallest absolute Gasteiger partial charge is 0.209 e. The highest BCUT2D eigenvalue weighted by molar-refractivity contribution is 6.03. The second-order valence-electron chi connectivity index (χ2n) is 20.2. The lowest BCUT2D eigenvalue weighted by Gasteiger charge is -2.27. The Labute approximate surface area is 395 Å². The number of halogens is 1. The van der Waals surface area contributed by atoms with Crippen LogP contribution in [0.3, 0.4) is 0 Å². The van der Waals surface area contributed by atoms with Crippen LogP contribution in [0.15, 0.2) is 72.5 Å². The monoisotopic (exact) mass is 905 g/mol. The van der Waals surface area contributed by atoms with Gasteiger partial charge < -0.3 is 4.90 Å². The molecule has 0 saturated heterocycles. The van der Waals surface area contributed by atoms with Crippen molar-refractivity contribution in [2.75, 3.05) is 18.0 Å². The molecule has 0 radical (unpaired) electrons. The van der Waals surface area contributed by atoms with Crippen molar-refractivity contribution in [3.8, 4) is 0 Å². The first-order chi connectivity index (χ1) is 30.8. The summed E-state index contributed by atoms with van der Waals surface area (Å²) in [7, 11) is -4.94. The molecule has 2 aliphatic heterocycles. The van der Waals surface area contributed by atoms with Crippen molar-refractivity contribution in [2.24, 2.45) is 0 Å². The van der Waals surface area contributed by atoms with E-state index in [1.807, 2.05) is 0 Å². The lowest BCUT2D eigenvalue weighted by Crippen LogP contribution is -2.68. The molecule has 6 nitrogen and oxygen atoms in total. The lowest BCUT2D eigenvalue weighted by molar-refractivity contribution is -2.00. The maximum atomic E-state index is 8.49. The molecule has 2 heterocycles. The van der Waals surface area contributed by atoms with Crippen LogP contribution in [-0.4, -0.2) is 23.4 Å². The van der Waals surface area contributed by atoms with Gasteiger partial charge in [-0.05, 0) is 44.4 Å². The van der Waals surface area contributed by atoms with E-state index < -0.39 is 10.2 Å². The van der Waals surface area contributed by atoms with Crippen LogP contribution in [0.2, 0.25) is 0 Å². The summed E-state index contributed by atoms with van der Waals surface area (Å²) in [5, 5.41) is 0. The van der Waals surface area contributed by atoms with E-state index in [4.69, 9.17) is 18.6 Å². The van der Waals surface area contributed by atoms with Gasteiger partial charge in [0.25, 0.3) is 0 Å². The van der Waals surface area contributed by atoms with Crippen molar-refractivity contribution in [2.45, 2.75) is 245 Å². The summed E-state index contributed by atoms with van der Waals surface area (Å²) >= 11 is 0. The minimum absolute atomic E-state index is 0.0111. The molecule has 2 aromatic rings. The third-order valence-electron chi connectivity index (χ3n) is 14.1. The highest BCUT2D eigenvalue weighted by atomic mass is 35.7. The number of anilines is 1. The molecule has 0 fully saturated rings. The van der Waals surface area contributed by atoms with Crippen LogP contribution in [0.25, 0.3) is 0 Å². The van der Waals surface area contributed by atoms with Crippen LogP contribution in [0.4, 0.5) is 11.4 Å². The maximum absolute atomic E-state index is 8.49. The van der Waals surface area contributed by atoms with Crippen molar-refractivity contribution in [3.05, 3.63) is 83.6 Å². The second kappa shape index (κ2) is 31.5. The Morgan fingerprint density at radius 3 is 1.31 bits per heavy atom. The average molecular weight is 906 g/mol. The Morgan fingerprint density at radius 2 is 0.859 bits per heavy atom. The zero-order chi connectivity index (χ0) is 46.5. The molecular formula is C57H93ClN2O4. The fourth-order valence-electron chi connectivity index (χ4n) is 10.3. The highest BCUT2D eigenvalue weighted by Gasteiger charge is 2.44. The summed E-state index contributed by atoms with van der Waals surface area (Å²) in [6.45, 7) is 16.6. The largest absolute Gasteiger partial charge is 0.344 e. The summed E-state index contributed by atoms with van der Waals surface area (Å²) in [6.07, 6.45) is 49.6. The first-order valence-electron chi connectivity index (χ1n) is 26.5. The Morgan fingerprint density at radius 1 is 0.484 bits per heavy atom. The molecule has 4 rings (SSSR count). The number of nitrogens with zero attached hydrogens (tertiary/aromatic N) is 2. The van der Waals surface area contributed by atoms with Gasteiger partial charge in [0, 0.05) is 47.5 Å². The molecule has 0 unspecified atom stereocenters. The molecule has 0 saturated carbocycles. The standard InChI is InChI=1S/C57H93N2.ClHO4/c1-7-9-11-13-15-17-19-21-23-25-27-29-31-33-39-48-58-52-44-37-35-42-50(52)56(3,4)54(58)46-41-47-55-57(5,6)51-43-36-38-45-53(51)59(55)49-40-34-32-30-28-26-24-22-20-18-16-14-12-10-8-2;2-1(3,4)5/h35-38,41-47H,7-34,39-40,48-49H2,1-6H3;(H,2,3,4,5)/q+1;/p-1. The third-order valence-corrected chi connectivity index (χ3v) is 14.1. The summed E-state index contributed by atoms with van der Waals surface area (Å²) in [5.41, 5.74) is 8.64. The summed E-state index contributed by atoms with van der Waals surface area (Å²) in [4.78, 5) is 2.66. The van der Waals surface area contributed by atoms with Gasteiger partial charge in [-0.3, -0.25) is 0 Å².